The molecule has 1 unspecified atom stereocenters. The van der Waals surface area contributed by atoms with Gasteiger partial charge in [0.15, 0.2) is 12.2 Å². The van der Waals surface area contributed by atoms with Crippen LogP contribution in [-0.2, 0) is 9.53 Å². The van der Waals surface area contributed by atoms with Crippen molar-refractivity contribution in [3.05, 3.63) is 78.4 Å². The number of ether oxygens (including phenoxy) is 1. The minimum Gasteiger partial charge on any atom is -0.468 e. The first-order valence-corrected chi connectivity index (χ1v) is 13.3. The van der Waals surface area contributed by atoms with Crippen molar-refractivity contribution in [2.75, 3.05) is 24.9 Å². The van der Waals surface area contributed by atoms with Gasteiger partial charge in [0.1, 0.15) is 5.92 Å². The van der Waals surface area contributed by atoms with Gasteiger partial charge in [-0.1, -0.05) is 31.2 Å². The fourth-order valence-corrected chi connectivity index (χ4v) is 6.52. The highest BCUT2D eigenvalue weighted by atomic mass is 32.3. The third-order valence-electron chi connectivity index (χ3n) is 5.86. The molecule has 0 bridgehead atoms. The van der Waals surface area contributed by atoms with Crippen LogP contribution in [0.25, 0.3) is 16.2 Å². The topological polar surface area (TPSA) is 93.8 Å². The third kappa shape index (κ3) is 4.54. The normalized spacial score (nSPS) is 16.2. The number of carbonyl (C=O) groups is 2. The first-order valence-electron chi connectivity index (χ1n) is 10.8. The monoisotopic (exact) mass is 477 g/mol. The number of esters is 1. The second kappa shape index (κ2) is 9.69. The van der Waals surface area contributed by atoms with E-state index in [0.29, 0.717) is 23.4 Å². The van der Waals surface area contributed by atoms with Crippen LogP contribution < -0.4 is 5.32 Å². The first kappa shape index (κ1) is 23.5. The molecule has 2 aromatic carbocycles. The molecule has 1 amide bonds. The number of aliphatic imine (C=N–C) groups is 1. The predicted molar refractivity (Wildman–Crippen MR) is 137 cm³/mol. The minimum absolute atomic E-state index is 0.197. The summed E-state index contributed by atoms with van der Waals surface area (Å²) in [6, 6.07) is 14.9. The summed E-state index contributed by atoms with van der Waals surface area (Å²) in [5.74, 6) is -0.128. The van der Waals surface area contributed by atoms with Gasteiger partial charge in [0.25, 0.3) is 5.91 Å². The number of oxazole rings is 1. The largest absolute Gasteiger partial charge is 0.468 e. The summed E-state index contributed by atoms with van der Waals surface area (Å²) in [5, 5.41) is 3.82. The SMILES string of the molecule is CCC(C(=O)OC)C1=NC=C(c2ccc(NC(=O)c3ccc(-c4cnco4)cc3)cc2)S1(C)C. The van der Waals surface area contributed by atoms with Crippen molar-refractivity contribution in [2.24, 2.45) is 10.9 Å². The second-order valence-corrected chi connectivity index (χ2v) is 11.8. The van der Waals surface area contributed by atoms with Gasteiger partial charge in [-0.25, -0.2) is 4.98 Å². The van der Waals surface area contributed by atoms with Crippen LogP contribution in [0.2, 0.25) is 0 Å². The van der Waals surface area contributed by atoms with E-state index in [4.69, 9.17) is 9.15 Å². The number of methoxy groups -OCH3 is 1. The summed E-state index contributed by atoms with van der Waals surface area (Å²) in [4.78, 5) is 34.6. The quantitative estimate of drug-likeness (QED) is 0.449. The number of carbonyl (C=O) groups excluding carboxylic acids is 2. The molecule has 0 aliphatic carbocycles. The van der Waals surface area contributed by atoms with Gasteiger partial charge in [-0.15, -0.1) is 0 Å². The minimum atomic E-state index is -1.44. The van der Waals surface area contributed by atoms with Crippen LogP contribution >= 0.6 is 10.0 Å². The van der Waals surface area contributed by atoms with E-state index >= 15 is 0 Å². The van der Waals surface area contributed by atoms with Gasteiger partial charge in [0.2, 0.25) is 0 Å². The van der Waals surface area contributed by atoms with Gasteiger partial charge in [0, 0.05) is 27.9 Å². The Morgan fingerprint density at radius 2 is 1.74 bits per heavy atom. The highest BCUT2D eigenvalue weighted by Gasteiger charge is 2.37. The zero-order chi connectivity index (χ0) is 24.3. The summed E-state index contributed by atoms with van der Waals surface area (Å²) in [5.41, 5.74) is 3.12. The molecular formula is C26H27N3O4S. The number of nitrogens with one attached hydrogen (secondary N) is 1. The van der Waals surface area contributed by atoms with Crippen LogP contribution in [0.3, 0.4) is 0 Å². The number of amides is 1. The van der Waals surface area contributed by atoms with E-state index in [0.717, 1.165) is 21.1 Å². The highest BCUT2D eigenvalue weighted by molar-refractivity contribution is 8.51. The van der Waals surface area contributed by atoms with E-state index in [-0.39, 0.29) is 17.8 Å². The maximum Gasteiger partial charge on any atom is 0.315 e. The number of aromatic nitrogens is 1. The molecule has 0 saturated heterocycles. The average molecular weight is 478 g/mol. The first-order chi connectivity index (χ1) is 16.3. The van der Waals surface area contributed by atoms with Crippen molar-refractivity contribution in [1.29, 1.82) is 0 Å². The molecule has 3 aromatic rings. The molecule has 1 aliphatic rings. The van der Waals surface area contributed by atoms with Gasteiger partial charge < -0.3 is 14.5 Å². The average Bonchev–Trinajstić information content (AvgIpc) is 3.48. The summed E-state index contributed by atoms with van der Waals surface area (Å²) in [7, 11) is -0.0264. The molecule has 2 heterocycles. The van der Waals surface area contributed by atoms with Crippen molar-refractivity contribution in [2.45, 2.75) is 13.3 Å². The summed E-state index contributed by atoms with van der Waals surface area (Å²) in [6.45, 7) is 1.97. The zero-order valence-electron chi connectivity index (χ0n) is 19.6. The zero-order valence-corrected chi connectivity index (χ0v) is 20.4. The molecule has 34 heavy (non-hydrogen) atoms. The smallest absolute Gasteiger partial charge is 0.315 e. The van der Waals surface area contributed by atoms with Crippen LogP contribution in [-0.4, -0.2) is 41.5 Å². The van der Waals surface area contributed by atoms with Crippen LogP contribution in [0, 0.1) is 5.92 Å². The Morgan fingerprint density at radius 1 is 1.06 bits per heavy atom. The predicted octanol–water partition coefficient (Wildman–Crippen LogP) is 5.57. The van der Waals surface area contributed by atoms with Gasteiger partial charge in [-0.3, -0.25) is 14.6 Å². The van der Waals surface area contributed by atoms with E-state index < -0.39 is 10.0 Å². The molecular weight excluding hydrogens is 450 g/mol. The van der Waals surface area contributed by atoms with Gasteiger partial charge in [0.05, 0.1) is 18.4 Å². The Balaban J connectivity index is 1.44. The molecule has 4 rings (SSSR count). The Morgan fingerprint density at radius 3 is 2.32 bits per heavy atom. The lowest BCUT2D eigenvalue weighted by Crippen LogP contribution is -2.27. The van der Waals surface area contributed by atoms with Crippen molar-refractivity contribution in [3.8, 4) is 11.3 Å². The maximum atomic E-state index is 12.7. The molecule has 1 atom stereocenters. The van der Waals surface area contributed by atoms with Crippen LogP contribution in [0.5, 0.6) is 0 Å². The van der Waals surface area contributed by atoms with Gasteiger partial charge in [-0.05, 0) is 48.8 Å². The molecule has 176 valence electrons. The standard InChI is InChI=1S/C26H27N3O4S/c1-5-21(26(31)32-2)25-28-15-23(34(25,3)4)18-10-12-20(13-11-18)29-24(30)19-8-6-17(7-9-19)22-14-27-16-33-22/h6-16,21H,5H2,1-4H3,(H,29,30). The Hall–Kier alpha value is -3.65. The molecule has 7 nitrogen and oxygen atoms in total. The van der Waals surface area contributed by atoms with E-state index in [1.54, 1.807) is 18.3 Å². The van der Waals surface area contributed by atoms with Gasteiger partial charge in [-0.2, -0.15) is 10.0 Å². The number of hydrogen-bond donors (Lipinski definition) is 1. The number of rotatable bonds is 7. The number of anilines is 1. The molecule has 1 aromatic heterocycles. The Labute approximate surface area is 200 Å². The molecule has 0 fully saturated rings. The highest BCUT2D eigenvalue weighted by Crippen LogP contribution is 2.60. The number of benzene rings is 2. The maximum absolute atomic E-state index is 12.7. The summed E-state index contributed by atoms with van der Waals surface area (Å²) in [6.07, 6.45) is 9.81. The summed E-state index contributed by atoms with van der Waals surface area (Å²) < 4.78 is 10.3. The second-order valence-electron chi connectivity index (χ2n) is 8.25. The molecule has 8 heteroatoms. The molecule has 0 radical (unpaired) electrons. The molecule has 1 N–H and O–H groups in total. The third-order valence-corrected chi connectivity index (χ3v) is 8.74. The molecule has 0 saturated carbocycles. The summed E-state index contributed by atoms with van der Waals surface area (Å²) >= 11 is 0. The number of hydrogen-bond acceptors (Lipinski definition) is 6. The lowest BCUT2D eigenvalue weighted by Gasteiger charge is -2.34. The molecule has 0 spiro atoms. The van der Waals surface area contributed by atoms with E-state index in [1.807, 2.05) is 49.5 Å². The van der Waals surface area contributed by atoms with E-state index in [9.17, 15) is 9.59 Å². The van der Waals surface area contributed by atoms with Crippen LogP contribution in [0.1, 0.15) is 29.3 Å². The lowest BCUT2D eigenvalue weighted by molar-refractivity contribution is -0.143. The number of nitrogens with zero attached hydrogens (tertiary/aromatic N) is 2. The Kier molecular flexibility index (Phi) is 6.70. The van der Waals surface area contributed by atoms with Crippen molar-refractivity contribution < 1.29 is 18.7 Å². The van der Waals surface area contributed by atoms with Crippen molar-refractivity contribution in [1.82, 2.24) is 4.98 Å². The lowest BCUT2D eigenvalue weighted by atomic mass is 10.1. The van der Waals surface area contributed by atoms with Crippen LogP contribution in [0.4, 0.5) is 5.69 Å². The van der Waals surface area contributed by atoms with E-state index in [1.165, 1.54) is 13.5 Å². The Bertz CT molecular complexity index is 1240. The van der Waals surface area contributed by atoms with Gasteiger partial charge >= 0.3 is 5.97 Å². The van der Waals surface area contributed by atoms with Crippen molar-refractivity contribution >= 4 is 37.5 Å². The van der Waals surface area contributed by atoms with Crippen molar-refractivity contribution in [3.63, 3.8) is 0 Å². The molecule has 1 aliphatic heterocycles. The fourth-order valence-electron chi connectivity index (χ4n) is 3.96. The van der Waals surface area contributed by atoms with E-state index in [2.05, 4.69) is 27.8 Å². The van der Waals surface area contributed by atoms with Crippen LogP contribution in [0.15, 0.2) is 76.7 Å². The fraction of sp³-hybridized carbons (Fsp3) is 0.231.